The van der Waals surface area contributed by atoms with Crippen molar-refractivity contribution >= 4 is 11.9 Å². The zero-order valence-corrected chi connectivity index (χ0v) is 10.0. The molecule has 0 aliphatic carbocycles. The Labute approximate surface area is 90.6 Å². The molecule has 1 atom stereocenters. The predicted octanol–water partition coefficient (Wildman–Crippen LogP) is 0.893. The number of likely N-dealkylation sites (N-methyl/N-ethyl adjacent to an activating group) is 1. The Morgan fingerprint density at radius 1 is 1.33 bits per heavy atom. The van der Waals surface area contributed by atoms with E-state index in [-0.39, 0.29) is 5.78 Å². The van der Waals surface area contributed by atoms with Crippen molar-refractivity contribution in [1.29, 1.82) is 0 Å². The summed E-state index contributed by atoms with van der Waals surface area (Å²) >= 11 is 0. The van der Waals surface area contributed by atoms with E-state index in [4.69, 9.17) is 0 Å². The minimum absolute atomic E-state index is 0.0743. The first-order valence-electron chi connectivity index (χ1n) is 4.95. The fraction of sp³-hybridized carbons (Fsp3) is 0.800. The number of amides is 1. The average Bonchev–Trinajstić information content (AvgIpc) is 2.14. The Morgan fingerprint density at radius 2 is 1.87 bits per heavy atom. The molecule has 0 aromatic heterocycles. The topological polar surface area (TPSA) is 67.4 Å². The van der Waals surface area contributed by atoms with Crippen LogP contribution in [0.4, 0.5) is 4.79 Å². The highest BCUT2D eigenvalue weighted by Crippen LogP contribution is 2.15. The molecule has 0 unspecified atom stereocenters. The van der Waals surface area contributed by atoms with Crippen molar-refractivity contribution in [3.8, 4) is 0 Å². The molecule has 0 aromatic carbocycles. The molecule has 0 fully saturated rings. The lowest BCUT2D eigenvalue weighted by atomic mass is 9.89. The van der Waals surface area contributed by atoms with Crippen LogP contribution < -0.4 is 10.6 Å². The molecule has 15 heavy (non-hydrogen) atoms. The maximum absolute atomic E-state index is 11.9. The molecule has 5 heteroatoms. The second-order valence-electron chi connectivity index (χ2n) is 4.24. The van der Waals surface area contributed by atoms with Gasteiger partial charge in [-0.2, -0.15) is 0 Å². The van der Waals surface area contributed by atoms with Gasteiger partial charge in [-0.05, 0) is 6.54 Å². The molecule has 0 saturated heterocycles. The minimum Gasteiger partial charge on any atom is -0.453 e. The van der Waals surface area contributed by atoms with Crippen LogP contribution in [0.3, 0.4) is 0 Å². The fourth-order valence-electron chi connectivity index (χ4n) is 1.02. The van der Waals surface area contributed by atoms with E-state index < -0.39 is 17.7 Å². The normalized spacial score (nSPS) is 13.1. The van der Waals surface area contributed by atoms with E-state index in [2.05, 4.69) is 15.4 Å². The summed E-state index contributed by atoms with van der Waals surface area (Å²) in [5.74, 6) is -0.0743. The van der Waals surface area contributed by atoms with Gasteiger partial charge in [0.1, 0.15) is 6.17 Å². The van der Waals surface area contributed by atoms with Crippen molar-refractivity contribution < 1.29 is 14.3 Å². The molecule has 88 valence electrons. The molecule has 0 aliphatic rings. The number of alkyl carbamates (subject to hydrolysis) is 1. The number of rotatable bonds is 4. The van der Waals surface area contributed by atoms with E-state index in [1.54, 1.807) is 20.8 Å². The summed E-state index contributed by atoms with van der Waals surface area (Å²) in [6.07, 6.45) is -1.30. The Balaban J connectivity index is 4.52. The molecule has 0 aliphatic heterocycles. The number of Topliss-reactive ketones (excluding diaryl/α,β-unsaturated/α-hetero) is 1. The summed E-state index contributed by atoms with van der Waals surface area (Å²) in [5.41, 5.74) is -0.506. The lowest BCUT2D eigenvalue weighted by molar-refractivity contribution is -0.129. The van der Waals surface area contributed by atoms with Crippen molar-refractivity contribution in [2.24, 2.45) is 5.41 Å². The molecule has 0 aromatic rings. The smallest absolute Gasteiger partial charge is 0.408 e. The highest BCUT2D eigenvalue weighted by atomic mass is 16.5. The number of carbonyl (C=O) groups is 2. The highest BCUT2D eigenvalue weighted by Gasteiger charge is 2.30. The first-order valence-corrected chi connectivity index (χ1v) is 4.95. The van der Waals surface area contributed by atoms with Crippen molar-refractivity contribution in [3.63, 3.8) is 0 Å². The third kappa shape index (κ3) is 4.78. The Kier molecular flexibility index (Phi) is 5.28. The zero-order chi connectivity index (χ0) is 12.1. The highest BCUT2D eigenvalue weighted by molar-refractivity contribution is 5.90. The molecule has 0 rings (SSSR count). The van der Waals surface area contributed by atoms with Gasteiger partial charge in [0, 0.05) is 5.41 Å². The van der Waals surface area contributed by atoms with Gasteiger partial charge in [-0.1, -0.05) is 27.7 Å². The lowest BCUT2D eigenvalue weighted by Gasteiger charge is -2.25. The van der Waals surface area contributed by atoms with E-state index in [9.17, 15) is 9.59 Å². The monoisotopic (exact) mass is 216 g/mol. The van der Waals surface area contributed by atoms with Gasteiger partial charge in [-0.15, -0.1) is 0 Å². The summed E-state index contributed by atoms with van der Waals surface area (Å²) < 4.78 is 4.45. The summed E-state index contributed by atoms with van der Waals surface area (Å²) in [4.78, 5) is 22.9. The molecule has 0 saturated carbocycles. The number of ketones is 1. The number of nitrogens with one attached hydrogen (secondary N) is 2. The molecule has 1 amide bonds. The second kappa shape index (κ2) is 5.70. The quantitative estimate of drug-likeness (QED) is 0.685. The Morgan fingerprint density at radius 3 is 2.20 bits per heavy atom. The third-order valence-corrected chi connectivity index (χ3v) is 1.86. The number of carbonyl (C=O) groups excluding carboxylic acids is 2. The number of hydrogen-bond donors (Lipinski definition) is 2. The molecule has 0 heterocycles. The van der Waals surface area contributed by atoms with Gasteiger partial charge in [0.15, 0.2) is 5.78 Å². The molecule has 0 radical (unpaired) electrons. The van der Waals surface area contributed by atoms with Gasteiger partial charge in [-0.25, -0.2) is 4.79 Å². The number of methoxy groups -OCH3 is 1. The molecule has 0 spiro atoms. The summed E-state index contributed by atoms with van der Waals surface area (Å²) in [6, 6.07) is 0. The van der Waals surface area contributed by atoms with Crippen LogP contribution in [0, 0.1) is 5.41 Å². The summed E-state index contributed by atoms with van der Waals surface area (Å²) in [7, 11) is 1.26. The Hall–Kier alpha value is -1.10. The summed E-state index contributed by atoms with van der Waals surface area (Å²) in [6.45, 7) is 7.87. The molecule has 5 nitrogen and oxygen atoms in total. The maximum Gasteiger partial charge on any atom is 0.408 e. The Bertz CT molecular complexity index is 233. The van der Waals surface area contributed by atoms with Crippen LogP contribution in [0.1, 0.15) is 27.7 Å². The van der Waals surface area contributed by atoms with Gasteiger partial charge in [0.2, 0.25) is 0 Å². The van der Waals surface area contributed by atoms with Crippen LogP contribution in [0.25, 0.3) is 0 Å². The largest absolute Gasteiger partial charge is 0.453 e. The maximum atomic E-state index is 11.9. The van der Waals surface area contributed by atoms with Gasteiger partial charge >= 0.3 is 6.09 Å². The lowest BCUT2D eigenvalue weighted by Crippen LogP contribution is -2.54. The first kappa shape index (κ1) is 13.9. The van der Waals surface area contributed by atoms with Crippen LogP contribution in [-0.2, 0) is 9.53 Å². The van der Waals surface area contributed by atoms with Crippen molar-refractivity contribution in [3.05, 3.63) is 0 Å². The molecule has 0 bridgehead atoms. The van der Waals surface area contributed by atoms with Gasteiger partial charge in [-0.3, -0.25) is 15.4 Å². The second-order valence-corrected chi connectivity index (χ2v) is 4.24. The third-order valence-electron chi connectivity index (χ3n) is 1.86. The van der Waals surface area contributed by atoms with Crippen molar-refractivity contribution in [2.75, 3.05) is 13.7 Å². The van der Waals surface area contributed by atoms with E-state index in [1.807, 2.05) is 6.92 Å². The standard InChI is InChI=1S/C10H20N2O3/c1-6-11-8(12-9(14)15-5)7(13)10(2,3)4/h8,11H,6H2,1-5H3,(H,12,14)/t8-/m1/s1. The van der Waals surface area contributed by atoms with Gasteiger partial charge in [0.25, 0.3) is 0 Å². The van der Waals surface area contributed by atoms with E-state index in [1.165, 1.54) is 7.11 Å². The number of hydrogen-bond acceptors (Lipinski definition) is 4. The first-order chi connectivity index (χ1) is 6.82. The van der Waals surface area contributed by atoms with Gasteiger partial charge in [0.05, 0.1) is 7.11 Å². The summed E-state index contributed by atoms with van der Waals surface area (Å²) in [5, 5.41) is 5.34. The van der Waals surface area contributed by atoms with E-state index in [0.29, 0.717) is 6.54 Å². The van der Waals surface area contributed by atoms with Crippen LogP contribution in [0.2, 0.25) is 0 Å². The molecular formula is C10H20N2O3. The SMILES string of the molecule is CCN[C@H](NC(=O)OC)C(=O)C(C)(C)C. The molecule has 2 N–H and O–H groups in total. The predicted molar refractivity (Wildman–Crippen MR) is 57.5 cm³/mol. The van der Waals surface area contributed by atoms with Crippen LogP contribution >= 0.6 is 0 Å². The average molecular weight is 216 g/mol. The van der Waals surface area contributed by atoms with Crippen LogP contribution in [0.5, 0.6) is 0 Å². The minimum atomic E-state index is -0.692. The van der Waals surface area contributed by atoms with Gasteiger partial charge < -0.3 is 4.74 Å². The molecular weight excluding hydrogens is 196 g/mol. The van der Waals surface area contributed by atoms with E-state index in [0.717, 1.165) is 0 Å². The fourth-order valence-corrected chi connectivity index (χ4v) is 1.02. The van der Waals surface area contributed by atoms with Crippen LogP contribution in [-0.4, -0.2) is 31.7 Å². The van der Waals surface area contributed by atoms with Crippen molar-refractivity contribution in [1.82, 2.24) is 10.6 Å². The van der Waals surface area contributed by atoms with Crippen molar-refractivity contribution in [2.45, 2.75) is 33.9 Å². The van der Waals surface area contributed by atoms with E-state index >= 15 is 0 Å². The van der Waals surface area contributed by atoms with Crippen LogP contribution in [0.15, 0.2) is 0 Å². The number of ether oxygens (including phenoxy) is 1. The zero-order valence-electron chi connectivity index (χ0n) is 10.0.